The molecule has 0 spiro atoms. The molecule has 0 aromatic carbocycles. The molecule has 0 aliphatic carbocycles. The molecule has 0 unspecified atom stereocenters. The molecule has 0 radical (unpaired) electrons. The van der Waals surface area contributed by atoms with E-state index in [0.29, 0.717) is 13.1 Å². The van der Waals surface area contributed by atoms with E-state index in [1.807, 2.05) is 20.8 Å². The molecule has 2 heterocycles. The molecule has 0 saturated carbocycles. The average Bonchev–Trinajstić information content (AvgIpc) is 2.58. The minimum Gasteiger partial charge on any atom is -0.414 e. The fourth-order valence-electron chi connectivity index (χ4n) is 2.43. The van der Waals surface area contributed by atoms with E-state index in [0.717, 1.165) is 13.0 Å². The number of carbonyl (C=O) groups is 2. The van der Waals surface area contributed by atoms with Gasteiger partial charge in [0.25, 0.3) is 0 Å². The third-order valence-electron chi connectivity index (χ3n) is 3.17. The molecule has 2 aliphatic rings. The Labute approximate surface area is 89.8 Å². The lowest BCUT2D eigenvalue weighted by molar-refractivity contribution is -0.832. The van der Waals surface area contributed by atoms with Crippen LogP contribution in [0.2, 0.25) is 0 Å². The first-order valence-electron chi connectivity index (χ1n) is 5.45. The lowest BCUT2D eigenvalue weighted by Crippen LogP contribution is -2.52. The van der Waals surface area contributed by atoms with Crippen molar-refractivity contribution in [3.8, 4) is 0 Å². The lowest BCUT2D eigenvalue weighted by atomic mass is 10.1. The summed E-state index contributed by atoms with van der Waals surface area (Å²) < 4.78 is 5.61. The van der Waals surface area contributed by atoms with Crippen LogP contribution in [0.1, 0.15) is 27.2 Å². The molecule has 15 heavy (non-hydrogen) atoms. The highest BCUT2D eigenvalue weighted by molar-refractivity contribution is 5.86. The van der Waals surface area contributed by atoms with Crippen LogP contribution in [0.3, 0.4) is 0 Å². The lowest BCUT2D eigenvalue weighted by Gasteiger charge is -2.30. The Kier molecular flexibility index (Phi) is 2.15. The number of rotatable bonds is 0. The monoisotopic (exact) mass is 212 g/mol. The van der Waals surface area contributed by atoms with Crippen molar-refractivity contribution in [1.29, 1.82) is 0 Å². The van der Waals surface area contributed by atoms with Gasteiger partial charge in [0.2, 0.25) is 0 Å². The zero-order valence-electron chi connectivity index (χ0n) is 9.58. The molecule has 2 rings (SSSR count). The van der Waals surface area contributed by atoms with Crippen molar-refractivity contribution in [3.05, 3.63) is 0 Å². The Bertz CT molecular complexity index is 318. The zero-order valence-corrected chi connectivity index (χ0v) is 9.58. The number of nitrogens with zero attached hydrogens (tertiary/aromatic N) is 1. The number of fused-ring (bicyclic) bond motifs is 2. The number of ketones is 1. The summed E-state index contributed by atoms with van der Waals surface area (Å²) in [4.78, 5) is 23.5. The highest BCUT2D eigenvalue weighted by atomic mass is 16.6. The second-order valence-corrected chi connectivity index (χ2v) is 5.64. The van der Waals surface area contributed by atoms with Crippen LogP contribution in [-0.4, -0.2) is 41.6 Å². The first-order chi connectivity index (χ1) is 6.82. The van der Waals surface area contributed by atoms with Crippen LogP contribution in [0, 0.1) is 5.92 Å². The fourth-order valence-corrected chi connectivity index (χ4v) is 2.43. The van der Waals surface area contributed by atoms with E-state index >= 15 is 0 Å². The number of piperidine rings is 1. The highest BCUT2D eigenvalue weighted by Crippen LogP contribution is 2.34. The summed E-state index contributed by atoms with van der Waals surface area (Å²) >= 11 is 0. The van der Waals surface area contributed by atoms with Gasteiger partial charge in [-0.3, -0.25) is 4.79 Å². The Morgan fingerprint density at radius 3 is 2.53 bits per heavy atom. The van der Waals surface area contributed by atoms with Crippen LogP contribution in [0.4, 0.5) is 4.79 Å². The van der Waals surface area contributed by atoms with Gasteiger partial charge in [0.1, 0.15) is 12.1 Å². The van der Waals surface area contributed by atoms with Crippen LogP contribution in [0.25, 0.3) is 0 Å². The molecule has 2 saturated heterocycles. The van der Waals surface area contributed by atoms with E-state index < -0.39 is 5.60 Å². The van der Waals surface area contributed by atoms with Crippen LogP contribution in [0.15, 0.2) is 0 Å². The number of ether oxygens (including phenoxy) is 1. The van der Waals surface area contributed by atoms with Gasteiger partial charge < -0.3 is 4.74 Å². The molecular formula is C11H18NO3+. The molecule has 2 fully saturated rings. The smallest absolute Gasteiger partial charge is 0.414 e. The van der Waals surface area contributed by atoms with E-state index in [2.05, 4.69) is 0 Å². The summed E-state index contributed by atoms with van der Waals surface area (Å²) in [6.07, 6.45) is 0.619. The quantitative estimate of drug-likeness (QED) is 0.569. The number of carbonyl (C=O) groups excluding carboxylic acids is 2. The van der Waals surface area contributed by atoms with Crippen molar-refractivity contribution in [2.75, 3.05) is 19.6 Å². The van der Waals surface area contributed by atoms with Gasteiger partial charge in [-0.1, -0.05) is 0 Å². The van der Waals surface area contributed by atoms with Gasteiger partial charge in [0.05, 0.1) is 19.0 Å². The number of quaternary nitrogens is 1. The standard InChI is InChI=1S/C11H18NO3/c1-11(2,3)15-10(14)12-5-4-8(6-12)9(13)7-12/h8H,4-7H2,1-3H3/q+1/t8-,12-/m1/s1. The van der Waals surface area contributed by atoms with E-state index in [-0.39, 0.29) is 22.3 Å². The number of hydrogen-bond donors (Lipinski definition) is 0. The molecule has 1 amide bonds. The van der Waals surface area contributed by atoms with E-state index in [9.17, 15) is 9.59 Å². The van der Waals surface area contributed by atoms with Gasteiger partial charge in [-0.2, -0.15) is 4.79 Å². The maximum atomic E-state index is 12.0. The molecule has 0 N–H and O–H groups in total. The fraction of sp³-hybridized carbons (Fsp3) is 0.818. The molecule has 0 aromatic rings. The summed E-state index contributed by atoms with van der Waals surface area (Å²) in [5.74, 6) is 0.338. The summed E-state index contributed by atoms with van der Waals surface area (Å²) in [6, 6.07) is 0. The maximum absolute atomic E-state index is 12.0. The summed E-state index contributed by atoms with van der Waals surface area (Å²) in [6.45, 7) is 7.34. The van der Waals surface area contributed by atoms with Crippen molar-refractivity contribution in [3.63, 3.8) is 0 Å². The summed E-state index contributed by atoms with van der Waals surface area (Å²) in [5.41, 5.74) is -0.464. The minimum absolute atomic E-state index is 0.109. The van der Waals surface area contributed by atoms with Crippen molar-refractivity contribution in [2.24, 2.45) is 5.92 Å². The highest BCUT2D eigenvalue weighted by Gasteiger charge is 2.57. The van der Waals surface area contributed by atoms with Crippen LogP contribution < -0.4 is 0 Å². The van der Waals surface area contributed by atoms with Crippen molar-refractivity contribution < 1.29 is 18.8 Å². The van der Waals surface area contributed by atoms with E-state index in [1.54, 1.807) is 0 Å². The SMILES string of the molecule is CC(C)(C)OC(=O)[N@+]12CC[C@H](C1)C(=O)C2. The summed E-state index contributed by atoms with van der Waals surface area (Å²) in [7, 11) is 0. The van der Waals surface area contributed by atoms with E-state index in [1.165, 1.54) is 0 Å². The number of hydrogen-bond acceptors (Lipinski definition) is 3. The van der Waals surface area contributed by atoms with Gasteiger partial charge in [-0.25, -0.2) is 4.48 Å². The molecule has 2 aliphatic heterocycles. The molecule has 4 nitrogen and oxygen atoms in total. The Hall–Kier alpha value is -0.900. The normalized spacial score (nSPS) is 34.6. The molecule has 2 bridgehead atoms. The van der Waals surface area contributed by atoms with Gasteiger partial charge in [-0.05, 0) is 20.8 Å². The average molecular weight is 212 g/mol. The maximum Gasteiger partial charge on any atom is 0.516 e. The van der Waals surface area contributed by atoms with Gasteiger partial charge >= 0.3 is 6.09 Å². The van der Waals surface area contributed by atoms with Crippen LogP contribution >= 0.6 is 0 Å². The van der Waals surface area contributed by atoms with Gasteiger partial charge in [0, 0.05) is 6.42 Å². The molecule has 84 valence electrons. The van der Waals surface area contributed by atoms with Gasteiger partial charge in [-0.15, -0.1) is 0 Å². The van der Waals surface area contributed by atoms with Crippen LogP contribution in [0.5, 0.6) is 0 Å². The Morgan fingerprint density at radius 1 is 1.47 bits per heavy atom. The van der Waals surface area contributed by atoms with Crippen molar-refractivity contribution in [2.45, 2.75) is 32.8 Å². The molecular weight excluding hydrogens is 194 g/mol. The largest absolute Gasteiger partial charge is 0.516 e. The third kappa shape index (κ3) is 1.78. The predicted molar refractivity (Wildman–Crippen MR) is 54.2 cm³/mol. The second-order valence-electron chi connectivity index (χ2n) is 5.64. The molecule has 0 aromatic heterocycles. The summed E-state index contributed by atoms with van der Waals surface area (Å²) in [5, 5.41) is 0. The second kappa shape index (κ2) is 3.04. The Morgan fingerprint density at radius 2 is 2.13 bits per heavy atom. The number of Topliss-reactive ketones (excluding diaryl/α,β-unsaturated/α-hetero) is 1. The topological polar surface area (TPSA) is 43.4 Å². The van der Waals surface area contributed by atoms with Crippen LogP contribution in [-0.2, 0) is 9.53 Å². The molecule has 4 heteroatoms. The van der Waals surface area contributed by atoms with E-state index in [4.69, 9.17) is 4.74 Å². The third-order valence-corrected chi connectivity index (χ3v) is 3.17. The molecule has 2 atom stereocenters. The number of amides is 1. The van der Waals surface area contributed by atoms with Crippen molar-refractivity contribution >= 4 is 11.9 Å². The van der Waals surface area contributed by atoms with Crippen molar-refractivity contribution in [1.82, 2.24) is 0 Å². The predicted octanol–water partition coefficient (Wildman–Crippen LogP) is 1.34. The first-order valence-corrected chi connectivity index (χ1v) is 5.45. The van der Waals surface area contributed by atoms with Gasteiger partial charge in [0.15, 0.2) is 5.78 Å². The Balaban J connectivity index is 2.11. The zero-order chi connectivity index (χ0) is 11.3. The minimum atomic E-state index is -0.464. The first kappa shape index (κ1) is 10.6.